The third-order valence-electron chi connectivity index (χ3n) is 5.77. The molecule has 1 unspecified atom stereocenters. The molecule has 1 saturated heterocycles. The van der Waals surface area contributed by atoms with Crippen LogP contribution in [0.25, 0.3) is 5.57 Å². The molecule has 1 aromatic carbocycles. The maximum Gasteiger partial charge on any atom is 0.309 e. The lowest BCUT2D eigenvalue weighted by molar-refractivity contribution is -0.156. The number of aliphatic hydroxyl groups excluding tert-OH is 1. The fourth-order valence-corrected chi connectivity index (χ4v) is 4.48. The summed E-state index contributed by atoms with van der Waals surface area (Å²) in [5, 5.41) is 9.85. The second-order valence-corrected chi connectivity index (χ2v) is 8.77. The smallest absolute Gasteiger partial charge is 0.309 e. The van der Waals surface area contributed by atoms with Gasteiger partial charge in [-0.15, -0.1) is 0 Å². The van der Waals surface area contributed by atoms with Crippen LogP contribution in [0.2, 0.25) is 0 Å². The van der Waals surface area contributed by atoms with Gasteiger partial charge in [0.25, 0.3) is 0 Å². The van der Waals surface area contributed by atoms with Gasteiger partial charge >= 0.3 is 5.97 Å². The lowest BCUT2D eigenvalue weighted by atomic mass is 9.65. The fourth-order valence-electron chi connectivity index (χ4n) is 4.48. The van der Waals surface area contributed by atoms with Crippen LogP contribution >= 0.6 is 0 Å². The minimum Gasteiger partial charge on any atom is -0.458 e. The number of ether oxygens (including phenoxy) is 2. The lowest BCUT2D eigenvalue weighted by Gasteiger charge is -2.44. The van der Waals surface area contributed by atoms with Crippen LogP contribution in [-0.4, -0.2) is 36.0 Å². The maximum atomic E-state index is 13.5. The zero-order chi connectivity index (χ0) is 20.5. The van der Waals surface area contributed by atoms with E-state index in [1.54, 1.807) is 19.2 Å². The summed E-state index contributed by atoms with van der Waals surface area (Å²) >= 11 is 0. The summed E-state index contributed by atoms with van der Waals surface area (Å²) in [6.07, 6.45) is 4.73. The topological polar surface area (TPSA) is 55.8 Å². The minimum absolute atomic E-state index is 0.0472. The number of hydrogen-bond donors (Lipinski definition) is 1. The summed E-state index contributed by atoms with van der Waals surface area (Å²) in [7, 11) is 1.72. The lowest BCUT2D eigenvalue weighted by Crippen LogP contribution is -2.39. The van der Waals surface area contributed by atoms with E-state index in [4.69, 9.17) is 9.47 Å². The molecule has 0 saturated carbocycles. The Kier molecular flexibility index (Phi) is 5.78. The van der Waals surface area contributed by atoms with E-state index in [1.807, 2.05) is 12.2 Å². The predicted octanol–water partition coefficient (Wildman–Crippen LogP) is 4.43. The molecule has 1 aromatic rings. The molecule has 4 nitrogen and oxygen atoms in total. The average molecular weight is 388 g/mol. The molecular formula is C23H29FO4. The number of allylic oxidation sites excluding steroid dienone is 2. The van der Waals surface area contributed by atoms with E-state index in [2.05, 4.69) is 20.8 Å². The Morgan fingerprint density at radius 2 is 1.93 bits per heavy atom. The van der Waals surface area contributed by atoms with E-state index in [9.17, 15) is 14.3 Å². The predicted molar refractivity (Wildman–Crippen MR) is 106 cm³/mol. The molecule has 5 heteroatoms. The highest BCUT2D eigenvalue weighted by Gasteiger charge is 2.41. The van der Waals surface area contributed by atoms with Crippen molar-refractivity contribution in [2.75, 3.05) is 7.11 Å². The SMILES string of the molecule is COC1(C)CC(c2ccc(F)cc2)=C(C=C[C@@H]2C[C@@H](O)CC(=O)O2)C(C)(C)C1. The fraction of sp³-hybridized carbons (Fsp3) is 0.522. The van der Waals surface area contributed by atoms with Gasteiger partial charge in [-0.05, 0) is 53.7 Å². The van der Waals surface area contributed by atoms with Crippen LogP contribution in [0.4, 0.5) is 4.39 Å². The van der Waals surface area contributed by atoms with Gasteiger partial charge in [0.1, 0.15) is 11.9 Å². The van der Waals surface area contributed by atoms with Gasteiger partial charge in [0, 0.05) is 20.0 Å². The van der Waals surface area contributed by atoms with Gasteiger partial charge in [-0.25, -0.2) is 4.39 Å². The summed E-state index contributed by atoms with van der Waals surface area (Å²) in [6.45, 7) is 6.42. The molecular weight excluding hydrogens is 359 g/mol. The zero-order valence-electron chi connectivity index (χ0n) is 17.0. The first kappa shape index (κ1) is 20.7. The Labute approximate surface area is 166 Å². The van der Waals surface area contributed by atoms with Crippen molar-refractivity contribution in [3.8, 4) is 0 Å². The number of carbonyl (C=O) groups excluding carboxylic acids is 1. The third kappa shape index (κ3) is 4.53. The molecule has 28 heavy (non-hydrogen) atoms. The Hall–Kier alpha value is -1.98. The standard InChI is InChI=1S/C23H29FO4/c1-22(2)14-23(3,27-4)13-19(15-5-7-16(24)8-6-15)20(22)10-9-18-11-17(25)12-21(26)28-18/h5-10,17-18,25H,11-14H2,1-4H3/t17-,18-,23?/m1/s1. The molecule has 0 aromatic heterocycles. The number of hydrogen-bond acceptors (Lipinski definition) is 4. The molecule has 1 aliphatic heterocycles. The second-order valence-electron chi connectivity index (χ2n) is 8.77. The molecule has 152 valence electrons. The first-order valence-corrected chi connectivity index (χ1v) is 9.72. The molecule has 1 heterocycles. The van der Waals surface area contributed by atoms with Crippen LogP contribution in [0.1, 0.15) is 52.0 Å². The van der Waals surface area contributed by atoms with Gasteiger partial charge in [-0.3, -0.25) is 4.79 Å². The Bertz CT molecular complexity index is 793. The van der Waals surface area contributed by atoms with Crippen molar-refractivity contribution < 1.29 is 23.8 Å². The molecule has 0 bridgehead atoms. The monoisotopic (exact) mass is 388 g/mol. The second kappa shape index (κ2) is 7.80. The van der Waals surface area contributed by atoms with Crippen molar-refractivity contribution in [3.63, 3.8) is 0 Å². The van der Waals surface area contributed by atoms with Gasteiger partial charge in [0.05, 0.1) is 18.1 Å². The van der Waals surface area contributed by atoms with Gasteiger partial charge in [-0.2, -0.15) is 0 Å². The molecule has 0 radical (unpaired) electrons. The van der Waals surface area contributed by atoms with Crippen molar-refractivity contribution in [3.05, 3.63) is 53.4 Å². The van der Waals surface area contributed by atoms with Crippen LogP contribution in [0.3, 0.4) is 0 Å². The van der Waals surface area contributed by atoms with E-state index in [1.165, 1.54) is 12.1 Å². The first-order chi connectivity index (χ1) is 13.1. The highest BCUT2D eigenvalue weighted by molar-refractivity contribution is 5.74. The normalized spacial score (nSPS) is 30.6. The highest BCUT2D eigenvalue weighted by Crippen LogP contribution is 2.49. The largest absolute Gasteiger partial charge is 0.458 e. The molecule has 3 rings (SSSR count). The van der Waals surface area contributed by atoms with Crippen molar-refractivity contribution in [2.24, 2.45) is 5.41 Å². The summed E-state index contributed by atoms with van der Waals surface area (Å²) < 4.78 is 24.6. The molecule has 1 N–H and O–H groups in total. The minimum atomic E-state index is -0.669. The van der Waals surface area contributed by atoms with Crippen LogP contribution in [-0.2, 0) is 14.3 Å². The van der Waals surface area contributed by atoms with Crippen LogP contribution in [0.15, 0.2) is 42.0 Å². The summed E-state index contributed by atoms with van der Waals surface area (Å²) in [4.78, 5) is 11.6. The molecule has 2 aliphatic rings. The van der Waals surface area contributed by atoms with Gasteiger partial charge in [0.2, 0.25) is 0 Å². The van der Waals surface area contributed by atoms with Crippen molar-refractivity contribution >= 4 is 11.5 Å². The number of methoxy groups -OCH3 is 1. The molecule has 1 aliphatic carbocycles. The van der Waals surface area contributed by atoms with Crippen molar-refractivity contribution in [2.45, 2.75) is 64.3 Å². The van der Waals surface area contributed by atoms with Crippen LogP contribution in [0, 0.1) is 11.2 Å². The summed E-state index contributed by atoms with van der Waals surface area (Å²) in [6, 6.07) is 6.52. The van der Waals surface area contributed by atoms with E-state index >= 15 is 0 Å². The molecule has 0 amide bonds. The third-order valence-corrected chi connectivity index (χ3v) is 5.77. The van der Waals surface area contributed by atoms with Crippen molar-refractivity contribution in [1.82, 2.24) is 0 Å². The van der Waals surface area contributed by atoms with Crippen LogP contribution < -0.4 is 0 Å². The Balaban J connectivity index is 2.02. The molecule has 1 fully saturated rings. The number of esters is 1. The van der Waals surface area contributed by atoms with E-state index in [0.717, 1.165) is 23.1 Å². The van der Waals surface area contributed by atoms with Crippen molar-refractivity contribution in [1.29, 1.82) is 0 Å². The molecule has 3 atom stereocenters. The highest BCUT2D eigenvalue weighted by atomic mass is 19.1. The van der Waals surface area contributed by atoms with E-state index in [0.29, 0.717) is 12.8 Å². The Morgan fingerprint density at radius 1 is 1.25 bits per heavy atom. The number of carbonyl (C=O) groups is 1. The number of cyclic esters (lactones) is 1. The summed E-state index contributed by atoms with van der Waals surface area (Å²) in [5.74, 6) is -0.648. The Morgan fingerprint density at radius 3 is 2.54 bits per heavy atom. The maximum absolute atomic E-state index is 13.5. The quantitative estimate of drug-likeness (QED) is 0.776. The van der Waals surface area contributed by atoms with Gasteiger partial charge in [-0.1, -0.05) is 32.1 Å². The number of benzene rings is 1. The number of halogens is 1. The zero-order valence-corrected chi connectivity index (χ0v) is 17.0. The first-order valence-electron chi connectivity index (χ1n) is 9.72. The number of aliphatic hydroxyl groups is 1. The molecule has 0 spiro atoms. The van der Waals surface area contributed by atoms with Crippen LogP contribution in [0.5, 0.6) is 0 Å². The van der Waals surface area contributed by atoms with Gasteiger partial charge in [0.15, 0.2) is 0 Å². The van der Waals surface area contributed by atoms with Gasteiger partial charge < -0.3 is 14.6 Å². The number of rotatable bonds is 4. The summed E-state index contributed by atoms with van der Waals surface area (Å²) in [5.41, 5.74) is 2.65. The van der Waals surface area contributed by atoms with E-state index < -0.39 is 12.2 Å². The average Bonchev–Trinajstić information content (AvgIpc) is 2.59. The van der Waals surface area contributed by atoms with E-state index in [-0.39, 0.29) is 29.2 Å².